The van der Waals surface area contributed by atoms with Crippen molar-refractivity contribution in [3.63, 3.8) is 0 Å². The summed E-state index contributed by atoms with van der Waals surface area (Å²) in [6.07, 6.45) is -9.95. The average molecular weight is 672 g/mol. The lowest BCUT2D eigenvalue weighted by atomic mass is 9.98. The Morgan fingerprint density at radius 2 is 1.25 bits per heavy atom. The normalized spacial score (nSPS) is 22.6. The second kappa shape index (κ2) is 15.7. The number of carbonyl (C=O) groups excluding carboxylic acids is 5. The molecule has 0 spiro atoms. The van der Waals surface area contributed by atoms with Gasteiger partial charge in [0.05, 0.1) is 6.10 Å². The largest absolute Gasteiger partial charge is 0.480 e. The predicted molar refractivity (Wildman–Crippen MR) is 162 cm³/mol. The van der Waals surface area contributed by atoms with E-state index in [1.807, 2.05) is 48.5 Å². The van der Waals surface area contributed by atoms with Gasteiger partial charge in [-0.3, -0.25) is 19.2 Å². The second-order valence-electron chi connectivity index (χ2n) is 11.2. The van der Waals surface area contributed by atoms with Gasteiger partial charge in [-0.15, -0.1) is 0 Å². The van der Waals surface area contributed by atoms with E-state index in [1.165, 1.54) is 6.92 Å². The Morgan fingerprint density at radius 1 is 0.729 bits per heavy atom. The van der Waals surface area contributed by atoms with Gasteiger partial charge in [-0.1, -0.05) is 48.5 Å². The quantitative estimate of drug-likeness (QED) is 0.246. The Bertz CT molecular complexity index is 1500. The molecule has 48 heavy (non-hydrogen) atoms. The molecule has 2 aliphatic rings. The number of carbonyl (C=O) groups is 6. The Morgan fingerprint density at radius 3 is 1.77 bits per heavy atom. The number of ether oxygens (including phenoxy) is 7. The first kappa shape index (κ1) is 35.8. The molecule has 7 atom stereocenters. The lowest BCUT2D eigenvalue weighted by Crippen LogP contribution is -2.64. The first-order chi connectivity index (χ1) is 22.8. The van der Waals surface area contributed by atoms with Crippen LogP contribution < -0.4 is 5.32 Å². The number of benzene rings is 2. The van der Waals surface area contributed by atoms with E-state index in [4.69, 9.17) is 33.2 Å². The summed E-state index contributed by atoms with van der Waals surface area (Å²) in [5.41, 5.74) is 3.94. The summed E-state index contributed by atoms with van der Waals surface area (Å²) in [6.45, 7) is 5.02. The van der Waals surface area contributed by atoms with E-state index >= 15 is 0 Å². The van der Waals surface area contributed by atoms with Crippen LogP contribution in [0.4, 0.5) is 4.79 Å². The summed E-state index contributed by atoms with van der Waals surface area (Å²) in [7, 11) is 0. The number of hydrogen-bond acceptors (Lipinski definition) is 13. The highest BCUT2D eigenvalue weighted by Gasteiger charge is 2.53. The third kappa shape index (κ3) is 8.66. The summed E-state index contributed by atoms with van der Waals surface area (Å²) in [6, 6.07) is 13.7. The average Bonchev–Trinajstić information content (AvgIpc) is 3.33. The molecule has 2 N–H and O–H groups in total. The van der Waals surface area contributed by atoms with Crippen LogP contribution in [0.2, 0.25) is 0 Å². The van der Waals surface area contributed by atoms with Crippen LogP contribution >= 0.6 is 0 Å². The lowest BCUT2D eigenvalue weighted by Gasteiger charge is -2.44. The van der Waals surface area contributed by atoms with Gasteiger partial charge in [0.15, 0.2) is 30.6 Å². The molecule has 0 saturated carbocycles. The standard InChI is InChI=1S/C33H37NO14/c1-16(27(31(39)40)34-33(41)43-14-25-23-12-8-6-10-21(23)22-11-7-9-13-24(22)25)44-32-30(47-20(5)38)29(46-19(4)37)28(45-18(3)36)26(48-32)15-42-17(2)35/h6-13,16,25-30,32H,14-15H2,1-5H3,(H,34,41)(H,39,40). The van der Waals surface area contributed by atoms with Crippen LogP contribution in [-0.2, 0) is 57.1 Å². The zero-order valence-corrected chi connectivity index (χ0v) is 26.9. The van der Waals surface area contributed by atoms with E-state index in [-0.39, 0.29) is 12.5 Å². The van der Waals surface area contributed by atoms with Gasteiger partial charge in [0.2, 0.25) is 0 Å². The van der Waals surface area contributed by atoms with E-state index < -0.39 is 85.4 Å². The zero-order valence-electron chi connectivity index (χ0n) is 26.9. The van der Waals surface area contributed by atoms with E-state index in [2.05, 4.69) is 5.32 Å². The van der Waals surface area contributed by atoms with Gasteiger partial charge >= 0.3 is 35.9 Å². The first-order valence-corrected chi connectivity index (χ1v) is 15.1. The number of rotatable bonds is 12. The van der Waals surface area contributed by atoms with E-state index in [0.717, 1.165) is 49.9 Å². The molecule has 0 bridgehead atoms. The van der Waals surface area contributed by atoms with Crippen LogP contribution in [0.15, 0.2) is 48.5 Å². The van der Waals surface area contributed by atoms with Crippen LogP contribution in [0.25, 0.3) is 11.1 Å². The highest BCUT2D eigenvalue weighted by molar-refractivity contribution is 5.81. The number of esters is 4. The van der Waals surface area contributed by atoms with Crippen molar-refractivity contribution in [2.24, 2.45) is 0 Å². The third-order valence-electron chi connectivity index (χ3n) is 7.65. The molecule has 1 fully saturated rings. The summed E-state index contributed by atoms with van der Waals surface area (Å²) < 4.78 is 38.3. The topological polar surface area (TPSA) is 199 Å². The zero-order chi connectivity index (χ0) is 35.1. The van der Waals surface area contributed by atoms with Gasteiger partial charge in [-0.05, 0) is 29.2 Å². The van der Waals surface area contributed by atoms with Crippen LogP contribution in [0, 0.1) is 0 Å². The van der Waals surface area contributed by atoms with Gasteiger partial charge in [-0.2, -0.15) is 0 Å². The minimum atomic E-state index is -1.72. The molecule has 258 valence electrons. The fourth-order valence-electron chi connectivity index (χ4n) is 5.74. The molecule has 2 aromatic rings. The van der Waals surface area contributed by atoms with Crippen LogP contribution in [0.5, 0.6) is 0 Å². The summed E-state index contributed by atoms with van der Waals surface area (Å²) in [4.78, 5) is 73.0. The number of hydrogen-bond donors (Lipinski definition) is 2. The van der Waals surface area contributed by atoms with Gasteiger partial charge in [0.1, 0.15) is 19.3 Å². The van der Waals surface area contributed by atoms with Crippen LogP contribution in [0.3, 0.4) is 0 Å². The summed E-state index contributed by atoms with van der Waals surface area (Å²) in [5, 5.41) is 12.3. The van der Waals surface area contributed by atoms with E-state index in [0.29, 0.717) is 0 Å². The Hall–Kier alpha value is -5.02. The number of nitrogens with one attached hydrogen (secondary N) is 1. The van der Waals surface area contributed by atoms with Crippen molar-refractivity contribution in [1.82, 2.24) is 5.32 Å². The highest BCUT2D eigenvalue weighted by Crippen LogP contribution is 2.44. The van der Waals surface area contributed by atoms with Crippen LogP contribution in [-0.4, -0.2) is 97.1 Å². The monoisotopic (exact) mass is 671 g/mol. The molecule has 1 saturated heterocycles. The maximum atomic E-state index is 13.0. The van der Waals surface area contributed by atoms with Crippen molar-refractivity contribution >= 4 is 35.9 Å². The van der Waals surface area contributed by atoms with Gasteiger partial charge < -0.3 is 43.6 Å². The molecular weight excluding hydrogens is 634 g/mol. The van der Waals surface area contributed by atoms with Crippen molar-refractivity contribution in [2.75, 3.05) is 13.2 Å². The predicted octanol–water partition coefficient (Wildman–Crippen LogP) is 2.47. The Balaban J connectivity index is 1.52. The molecule has 1 aliphatic heterocycles. The number of aliphatic carboxylic acids is 1. The SMILES string of the molecule is CC(=O)OCC1OC(OC(C)C(NC(=O)OCC2c3ccccc3-c3ccccc32)C(=O)O)C(OC(C)=O)C(OC(C)=O)C1OC(C)=O. The molecule has 4 rings (SSSR count). The van der Waals surface area contributed by atoms with E-state index in [9.17, 15) is 33.9 Å². The molecule has 15 heteroatoms. The third-order valence-corrected chi connectivity index (χ3v) is 7.65. The molecule has 1 aliphatic carbocycles. The molecule has 1 amide bonds. The minimum Gasteiger partial charge on any atom is -0.480 e. The van der Waals surface area contributed by atoms with E-state index in [1.54, 1.807) is 0 Å². The maximum Gasteiger partial charge on any atom is 0.407 e. The summed E-state index contributed by atoms with van der Waals surface area (Å²) in [5.74, 6) is -5.03. The van der Waals surface area contributed by atoms with Gasteiger partial charge in [-0.25, -0.2) is 9.59 Å². The van der Waals surface area contributed by atoms with Gasteiger partial charge in [0.25, 0.3) is 0 Å². The minimum absolute atomic E-state index is 0.0822. The lowest BCUT2D eigenvalue weighted by molar-refractivity contribution is -0.316. The van der Waals surface area contributed by atoms with Crippen molar-refractivity contribution in [2.45, 2.75) is 83.4 Å². The molecule has 0 radical (unpaired) electrons. The van der Waals surface area contributed by atoms with Crippen molar-refractivity contribution in [1.29, 1.82) is 0 Å². The maximum absolute atomic E-state index is 13.0. The molecular formula is C33H37NO14. The highest BCUT2D eigenvalue weighted by atomic mass is 16.7. The van der Waals surface area contributed by atoms with Crippen molar-refractivity contribution in [3.05, 3.63) is 59.7 Å². The second-order valence-corrected chi connectivity index (χ2v) is 11.2. The molecule has 1 heterocycles. The first-order valence-electron chi connectivity index (χ1n) is 15.1. The fourth-order valence-corrected chi connectivity index (χ4v) is 5.74. The van der Waals surface area contributed by atoms with Crippen LogP contribution in [0.1, 0.15) is 51.7 Å². The number of fused-ring (bicyclic) bond motifs is 3. The molecule has 15 nitrogen and oxygen atoms in total. The molecule has 2 aromatic carbocycles. The fraction of sp³-hybridized carbons (Fsp3) is 0.455. The molecule has 7 unspecified atom stereocenters. The summed E-state index contributed by atoms with van der Waals surface area (Å²) >= 11 is 0. The number of amides is 1. The molecule has 0 aromatic heterocycles. The number of carboxylic acids is 1. The number of carboxylic acid groups (broad SMARTS) is 1. The Labute approximate surface area is 275 Å². The smallest absolute Gasteiger partial charge is 0.407 e. The van der Waals surface area contributed by atoms with Crippen molar-refractivity contribution in [3.8, 4) is 11.1 Å². The van der Waals surface area contributed by atoms with Gasteiger partial charge in [0, 0.05) is 33.6 Å². The number of alkyl carbamates (subject to hydrolysis) is 1. The van der Waals surface area contributed by atoms with Crippen molar-refractivity contribution < 1.29 is 67.0 Å². The Kier molecular flexibility index (Phi) is 11.7.